The highest BCUT2D eigenvalue weighted by Gasteiger charge is 2.09. The van der Waals surface area contributed by atoms with Crippen molar-refractivity contribution >= 4 is 11.9 Å². The van der Waals surface area contributed by atoms with Crippen molar-refractivity contribution in [1.82, 2.24) is 10.6 Å². The average molecular weight is 280 g/mol. The molecule has 6 nitrogen and oxygen atoms in total. The molecule has 1 aromatic carbocycles. The molecule has 0 unspecified atom stereocenters. The number of nitrogens with one attached hydrogen (secondary N) is 2. The number of carboxylic acid groups (broad SMARTS) is 1. The summed E-state index contributed by atoms with van der Waals surface area (Å²) in [6.45, 7) is 0.907. The first-order valence-corrected chi connectivity index (χ1v) is 6.45. The summed E-state index contributed by atoms with van der Waals surface area (Å²) in [6, 6.07) is 7.42. The molecule has 0 atom stereocenters. The Morgan fingerprint density at radius 3 is 2.70 bits per heavy atom. The summed E-state index contributed by atoms with van der Waals surface area (Å²) in [5.41, 5.74) is 1.62. The molecule has 0 fully saturated rings. The van der Waals surface area contributed by atoms with Crippen molar-refractivity contribution in [2.75, 3.05) is 33.4 Å². The van der Waals surface area contributed by atoms with Gasteiger partial charge >= 0.3 is 5.97 Å². The van der Waals surface area contributed by atoms with E-state index in [-0.39, 0.29) is 25.7 Å². The summed E-state index contributed by atoms with van der Waals surface area (Å²) in [6.07, 6.45) is 0.773. The van der Waals surface area contributed by atoms with E-state index in [0.717, 1.165) is 18.5 Å². The molecule has 1 aromatic rings. The maximum absolute atomic E-state index is 12.0. The number of hydrogen-bond donors (Lipinski definition) is 3. The Labute approximate surface area is 118 Å². The summed E-state index contributed by atoms with van der Waals surface area (Å²) < 4.78 is 4.85. The Hall–Kier alpha value is -1.92. The summed E-state index contributed by atoms with van der Waals surface area (Å²) >= 11 is 0. The number of hydrogen-bond acceptors (Lipinski definition) is 4. The molecule has 0 saturated heterocycles. The first-order chi connectivity index (χ1) is 9.65. The molecule has 3 N–H and O–H groups in total. The fourth-order valence-electron chi connectivity index (χ4n) is 1.71. The number of amides is 1. The van der Waals surface area contributed by atoms with Gasteiger partial charge in [-0.1, -0.05) is 18.2 Å². The van der Waals surface area contributed by atoms with E-state index in [4.69, 9.17) is 9.84 Å². The van der Waals surface area contributed by atoms with Crippen molar-refractivity contribution in [2.45, 2.75) is 6.42 Å². The molecule has 0 aliphatic rings. The van der Waals surface area contributed by atoms with Crippen LogP contribution in [0.25, 0.3) is 0 Å². The minimum Gasteiger partial charge on any atom is -0.480 e. The molecule has 0 aliphatic carbocycles. The van der Waals surface area contributed by atoms with Crippen LogP contribution in [0.5, 0.6) is 0 Å². The fourth-order valence-corrected chi connectivity index (χ4v) is 1.71. The van der Waals surface area contributed by atoms with Gasteiger partial charge in [0.15, 0.2) is 0 Å². The van der Waals surface area contributed by atoms with Gasteiger partial charge in [-0.3, -0.25) is 4.79 Å². The van der Waals surface area contributed by atoms with E-state index in [1.54, 1.807) is 6.07 Å². The zero-order chi connectivity index (χ0) is 14.8. The molecule has 0 radical (unpaired) electrons. The quantitative estimate of drug-likeness (QED) is 0.566. The number of rotatable bonds is 9. The van der Waals surface area contributed by atoms with Gasteiger partial charge in [-0.05, 0) is 31.6 Å². The minimum absolute atomic E-state index is 0.171. The van der Waals surface area contributed by atoms with Crippen LogP contribution < -0.4 is 10.6 Å². The van der Waals surface area contributed by atoms with Crippen LogP contribution in [-0.2, 0) is 16.0 Å². The van der Waals surface area contributed by atoms with Gasteiger partial charge in [0.05, 0.1) is 6.61 Å². The van der Waals surface area contributed by atoms with Crippen LogP contribution in [0.4, 0.5) is 0 Å². The molecule has 6 heteroatoms. The second kappa shape index (κ2) is 9.06. The second-order valence-electron chi connectivity index (χ2n) is 4.21. The van der Waals surface area contributed by atoms with Gasteiger partial charge in [0.2, 0.25) is 0 Å². The zero-order valence-electron chi connectivity index (χ0n) is 11.5. The van der Waals surface area contributed by atoms with E-state index >= 15 is 0 Å². The molecular weight excluding hydrogens is 260 g/mol. The van der Waals surface area contributed by atoms with E-state index in [1.165, 1.54) is 0 Å². The Kier molecular flexibility index (Phi) is 7.31. The van der Waals surface area contributed by atoms with Crippen molar-refractivity contribution in [3.8, 4) is 0 Å². The van der Waals surface area contributed by atoms with E-state index in [9.17, 15) is 9.59 Å². The van der Waals surface area contributed by atoms with Gasteiger partial charge in [0.1, 0.15) is 6.61 Å². The smallest absolute Gasteiger partial charge is 0.329 e. The molecule has 0 aliphatic heterocycles. The predicted molar refractivity (Wildman–Crippen MR) is 74.9 cm³/mol. The summed E-state index contributed by atoms with van der Waals surface area (Å²) in [5, 5.41) is 14.2. The van der Waals surface area contributed by atoms with Crippen LogP contribution in [0, 0.1) is 0 Å². The first kappa shape index (κ1) is 16.1. The van der Waals surface area contributed by atoms with Gasteiger partial charge in [-0.15, -0.1) is 0 Å². The fraction of sp³-hybridized carbons (Fsp3) is 0.429. The molecule has 0 bridgehead atoms. The zero-order valence-corrected chi connectivity index (χ0v) is 11.5. The molecule has 0 spiro atoms. The van der Waals surface area contributed by atoms with Crippen molar-refractivity contribution in [3.63, 3.8) is 0 Å². The average Bonchev–Trinajstić information content (AvgIpc) is 2.44. The number of benzene rings is 1. The van der Waals surface area contributed by atoms with Crippen LogP contribution >= 0.6 is 0 Å². The summed E-state index contributed by atoms with van der Waals surface area (Å²) in [4.78, 5) is 22.3. The second-order valence-corrected chi connectivity index (χ2v) is 4.21. The third-order valence-corrected chi connectivity index (χ3v) is 2.66. The van der Waals surface area contributed by atoms with E-state index < -0.39 is 5.97 Å². The van der Waals surface area contributed by atoms with Crippen LogP contribution in [0.1, 0.15) is 15.9 Å². The van der Waals surface area contributed by atoms with Crippen LogP contribution in [-0.4, -0.2) is 50.3 Å². The topological polar surface area (TPSA) is 87.7 Å². The van der Waals surface area contributed by atoms with Crippen LogP contribution in [0.2, 0.25) is 0 Å². The number of ether oxygens (including phenoxy) is 1. The molecule has 0 aromatic heterocycles. The van der Waals surface area contributed by atoms with E-state index in [2.05, 4.69) is 10.6 Å². The van der Waals surface area contributed by atoms with Crippen molar-refractivity contribution in [2.24, 2.45) is 0 Å². The highest BCUT2D eigenvalue weighted by molar-refractivity contribution is 5.95. The standard InChI is InChI=1S/C14H20N2O4/c1-15-7-6-11-4-2-3-5-12(11)14(19)16-8-9-20-10-13(17)18/h2-5,15H,6-10H2,1H3,(H,16,19)(H,17,18). The summed E-state index contributed by atoms with van der Waals surface area (Å²) in [5.74, 6) is -1.19. The van der Waals surface area contributed by atoms with Crippen molar-refractivity contribution in [1.29, 1.82) is 0 Å². The molecule has 20 heavy (non-hydrogen) atoms. The summed E-state index contributed by atoms with van der Waals surface area (Å²) in [7, 11) is 1.86. The number of aliphatic carboxylic acids is 1. The lowest BCUT2D eigenvalue weighted by Gasteiger charge is -2.10. The van der Waals surface area contributed by atoms with Crippen LogP contribution in [0.3, 0.4) is 0 Å². The number of carboxylic acids is 1. The normalized spacial score (nSPS) is 10.2. The number of carbonyl (C=O) groups excluding carboxylic acids is 1. The third-order valence-electron chi connectivity index (χ3n) is 2.66. The van der Waals surface area contributed by atoms with E-state index in [0.29, 0.717) is 5.56 Å². The minimum atomic E-state index is -1.02. The highest BCUT2D eigenvalue weighted by atomic mass is 16.5. The van der Waals surface area contributed by atoms with Gasteiger partial charge in [-0.25, -0.2) is 4.79 Å². The Morgan fingerprint density at radius 2 is 2.00 bits per heavy atom. The van der Waals surface area contributed by atoms with E-state index in [1.807, 2.05) is 25.2 Å². The molecule has 110 valence electrons. The lowest BCUT2D eigenvalue weighted by Crippen LogP contribution is -2.29. The van der Waals surface area contributed by atoms with Crippen molar-refractivity contribution < 1.29 is 19.4 Å². The van der Waals surface area contributed by atoms with Gasteiger partial charge in [-0.2, -0.15) is 0 Å². The molecule has 1 amide bonds. The van der Waals surface area contributed by atoms with Gasteiger partial charge < -0.3 is 20.5 Å². The number of carbonyl (C=O) groups is 2. The SMILES string of the molecule is CNCCc1ccccc1C(=O)NCCOCC(=O)O. The maximum Gasteiger partial charge on any atom is 0.329 e. The lowest BCUT2D eigenvalue weighted by atomic mass is 10.0. The molecular formula is C14H20N2O4. The first-order valence-electron chi connectivity index (χ1n) is 6.45. The lowest BCUT2D eigenvalue weighted by molar-refractivity contribution is -0.142. The highest BCUT2D eigenvalue weighted by Crippen LogP contribution is 2.09. The molecule has 1 rings (SSSR count). The Bertz CT molecular complexity index is 449. The largest absolute Gasteiger partial charge is 0.480 e. The molecule has 0 heterocycles. The Balaban J connectivity index is 2.44. The van der Waals surface area contributed by atoms with Gasteiger partial charge in [0.25, 0.3) is 5.91 Å². The van der Waals surface area contributed by atoms with Crippen molar-refractivity contribution in [3.05, 3.63) is 35.4 Å². The van der Waals surface area contributed by atoms with Gasteiger partial charge in [0, 0.05) is 12.1 Å². The maximum atomic E-state index is 12.0. The molecule has 0 saturated carbocycles. The third kappa shape index (κ3) is 5.81. The monoisotopic (exact) mass is 280 g/mol. The predicted octanol–water partition coefficient (Wildman–Crippen LogP) is 0.280. The Morgan fingerprint density at radius 1 is 1.25 bits per heavy atom. The number of likely N-dealkylation sites (N-methyl/N-ethyl adjacent to an activating group) is 1. The van der Waals surface area contributed by atoms with Crippen LogP contribution in [0.15, 0.2) is 24.3 Å².